The monoisotopic (exact) mass is 318 g/mol. The Morgan fingerprint density at radius 3 is 2.83 bits per heavy atom. The first-order valence-electron chi connectivity index (χ1n) is 5.02. The molecule has 0 aromatic carbocycles. The van der Waals surface area contributed by atoms with Crippen LogP contribution < -0.4 is 0 Å². The molecule has 0 saturated carbocycles. The molecule has 1 heterocycles. The first-order chi connectivity index (χ1) is 8.49. The van der Waals surface area contributed by atoms with E-state index in [1.165, 1.54) is 6.07 Å². The van der Waals surface area contributed by atoms with Crippen LogP contribution in [-0.4, -0.2) is 17.6 Å². The van der Waals surface area contributed by atoms with Gasteiger partial charge in [0.15, 0.2) is 0 Å². The number of ether oxygens (including phenoxy) is 1. The summed E-state index contributed by atoms with van der Waals surface area (Å²) in [6.07, 6.45) is -3.10. The highest BCUT2D eigenvalue weighted by molar-refractivity contribution is 9.10. The van der Waals surface area contributed by atoms with E-state index in [1.54, 1.807) is 13.0 Å². The minimum absolute atomic E-state index is 0.0365. The zero-order valence-electron chi connectivity index (χ0n) is 9.41. The van der Waals surface area contributed by atoms with E-state index < -0.39 is 12.4 Å². The van der Waals surface area contributed by atoms with Crippen molar-refractivity contribution in [2.24, 2.45) is 0 Å². The van der Waals surface area contributed by atoms with Crippen LogP contribution in [0.5, 0.6) is 0 Å². The molecule has 0 spiro atoms. The van der Waals surface area contributed by atoms with Gasteiger partial charge < -0.3 is 4.74 Å². The SMILES string of the molecule is CCOC(=O)Cc1cc(C#N)nc(Br)c1C(F)F. The largest absolute Gasteiger partial charge is 0.466 e. The molecule has 7 heteroatoms. The third-order valence-corrected chi connectivity index (χ3v) is 2.68. The van der Waals surface area contributed by atoms with Crippen LogP contribution in [-0.2, 0) is 16.0 Å². The average Bonchev–Trinajstić information content (AvgIpc) is 2.27. The van der Waals surface area contributed by atoms with Crippen molar-refractivity contribution in [3.63, 3.8) is 0 Å². The van der Waals surface area contributed by atoms with Gasteiger partial charge in [0.25, 0.3) is 6.43 Å². The lowest BCUT2D eigenvalue weighted by atomic mass is 10.1. The van der Waals surface area contributed by atoms with Crippen LogP contribution in [0.25, 0.3) is 0 Å². The topological polar surface area (TPSA) is 63.0 Å². The van der Waals surface area contributed by atoms with Crippen LogP contribution in [0.2, 0.25) is 0 Å². The number of aromatic nitrogens is 1. The zero-order chi connectivity index (χ0) is 13.7. The van der Waals surface area contributed by atoms with Crippen molar-refractivity contribution < 1.29 is 18.3 Å². The Hall–Kier alpha value is -1.55. The molecule has 0 saturated heterocycles. The number of carbonyl (C=O) groups excluding carboxylic acids is 1. The van der Waals surface area contributed by atoms with Crippen molar-refractivity contribution >= 4 is 21.9 Å². The molecule has 0 radical (unpaired) electrons. The highest BCUT2D eigenvalue weighted by atomic mass is 79.9. The number of pyridine rings is 1. The quantitative estimate of drug-likeness (QED) is 0.632. The summed E-state index contributed by atoms with van der Waals surface area (Å²) in [6.45, 7) is 1.79. The van der Waals surface area contributed by atoms with Crippen molar-refractivity contribution in [1.82, 2.24) is 4.98 Å². The van der Waals surface area contributed by atoms with Crippen LogP contribution in [0, 0.1) is 11.3 Å². The summed E-state index contributed by atoms with van der Waals surface area (Å²) in [6, 6.07) is 2.91. The third kappa shape index (κ3) is 3.47. The van der Waals surface area contributed by atoms with E-state index >= 15 is 0 Å². The van der Waals surface area contributed by atoms with Crippen molar-refractivity contribution in [3.05, 3.63) is 27.5 Å². The van der Waals surface area contributed by atoms with E-state index in [2.05, 4.69) is 20.9 Å². The van der Waals surface area contributed by atoms with Gasteiger partial charge in [-0.3, -0.25) is 4.79 Å². The fraction of sp³-hybridized carbons (Fsp3) is 0.364. The Bertz CT molecular complexity index is 501. The van der Waals surface area contributed by atoms with E-state index in [0.29, 0.717) is 0 Å². The maximum absolute atomic E-state index is 12.9. The maximum atomic E-state index is 12.9. The van der Waals surface area contributed by atoms with Gasteiger partial charge in [0, 0.05) is 0 Å². The molecule has 0 unspecified atom stereocenters. The third-order valence-electron chi connectivity index (χ3n) is 2.07. The summed E-state index contributed by atoms with van der Waals surface area (Å²) in [7, 11) is 0. The van der Waals surface area contributed by atoms with Gasteiger partial charge >= 0.3 is 5.97 Å². The molecule has 1 aromatic heterocycles. The number of nitriles is 1. The van der Waals surface area contributed by atoms with Gasteiger partial charge in [-0.05, 0) is 34.5 Å². The van der Waals surface area contributed by atoms with Crippen LogP contribution in [0.15, 0.2) is 10.7 Å². The molecule has 0 aliphatic rings. The van der Waals surface area contributed by atoms with Crippen molar-refractivity contribution in [2.75, 3.05) is 6.61 Å². The number of rotatable bonds is 4. The van der Waals surface area contributed by atoms with Crippen LogP contribution in [0.1, 0.15) is 30.2 Å². The van der Waals surface area contributed by atoms with E-state index in [1.807, 2.05) is 0 Å². The molecule has 1 rings (SSSR count). The summed E-state index contributed by atoms with van der Waals surface area (Å²) < 4.78 is 30.3. The lowest BCUT2D eigenvalue weighted by Gasteiger charge is -2.10. The van der Waals surface area contributed by atoms with Crippen LogP contribution >= 0.6 is 15.9 Å². The lowest BCUT2D eigenvalue weighted by Crippen LogP contribution is -2.11. The molecule has 96 valence electrons. The van der Waals surface area contributed by atoms with Crippen LogP contribution in [0.3, 0.4) is 0 Å². The van der Waals surface area contributed by atoms with Crippen molar-refractivity contribution in [1.29, 1.82) is 5.26 Å². The van der Waals surface area contributed by atoms with E-state index in [-0.39, 0.29) is 34.5 Å². The fourth-order valence-corrected chi connectivity index (χ4v) is 1.99. The molecule has 0 amide bonds. The summed E-state index contributed by atoms with van der Waals surface area (Å²) in [5.74, 6) is -0.624. The van der Waals surface area contributed by atoms with Gasteiger partial charge in [0.1, 0.15) is 16.4 Å². The van der Waals surface area contributed by atoms with Gasteiger partial charge in [0.05, 0.1) is 18.6 Å². The number of nitrogens with zero attached hydrogens (tertiary/aromatic N) is 2. The van der Waals surface area contributed by atoms with Gasteiger partial charge in [-0.25, -0.2) is 13.8 Å². The summed E-state index contributed by atoms with van der Waals surface area (Å²) in [5, 5.41) is 8.72. The summed E-state index contributed by atoms with van der Waals surface area (Å²) in [4.78, 5) is 15.0. The highest BCUT2D eigenvalue weighted by Gasteiger charge is 2.21. The second kappa shape index (κ2) is 6.40. The van der Waals surface area contributed by atoms with E-state index in [4.69, 9.17) is 10.00 Å². The minimum atomic E-state index is -2.79. The standard InChI is InChI=1S/C11H9BrF2N2O2/c1-2-18-8(17)4-6-3-7(5-15)16-10(12)9(6)11(13)14/h3,11H,2,4H2,1H3. The molecule has 4 nitrogen and oxygen atoms in total. The predicted molar refractivity (Wildman–Crippen MR) is 61.9 cm³/mol. The molecule has 0 aliphatic carbocycles. The molecule has 0 aliphatic heterocycles. The molecule has 1 aromatic rings. The van der Waals surface area contributed by atoms with Gasteiger partial charge in [-0.1, -0.05) is 0 Å². The average molecular weight is 319 g/mol. The first kappa shape index (κ1) is 14.5. The molecule has 18 heavy (non-hydrogen) atoms. The fourth-order valence-electron chi connectivity index (χ4n) is 1.37. The van der Waals surface area contributed by atoms with Gasteiger partial charge in [-0.2, -0.15) is 5.26 Å². The normalized spacial score (nSPS) is 10.2. The number of esters is 1. The van der Waals surface area contributed by atoms with Gasteiger partial charge in [0.2, 0.25) is 0 Å². The minimum Gasteiger partial charge on any atom is -0.466 e. The maximum Gasteiger partial charge on any atom is 0.310 e. The van der Waals surface area contributed by atoms with E-state index in [9.17, 15) is 13.6 Å². The van der Waals surface area contributed by atoms with Crippen molar-refractivity contribution in [3.8, 4) is 6.07 Å². The summed E-state index contributed by atoms with van der Waals surface area (Å²) >= 11 is 2.87. The van der Waals surface area contributed by atoms with E-state index in [0.717, 1.165) is 0 Å². The Labute approximate surface area is 111 Å². The number of carbonyl (C=O) groups is 1. The Morgan fingerprint density at radius 1 is 1.67 bits per heavy atom. The van der Waals surface area contributed by atoms with Crippen LogP contribution in [0.4, 0.5) is 8.78 Å². The Kier molecular flexibility index (Phi) is 5.16. The van der Waals surface area contributed by atoms with Crippen molar-refractivity contribution in [2.45, 2.75) is 19.8 Å². The number of hydrogen-bond donors (Lipinski definition) is 0. The van der Waals surface area contributed by atoms with Gasteiger partial charge in [-0.15, -0.1) is 0 Å². The number of alkyl halides is 2. The predicted octanol–water partition coefficient (Wildman–Crippen LogP) is 2.76. The molecule has 0 atom stereocenters. The highest BCUT2D eigenvalue weighted by Crippen LogP contribution is 2.30. The lowest BCUT2D eigenvalue weighted by molar-refractivity contribution is -0.142. The molecular weight excluding hydrogens is 310 g/mol. The molecule has 0 fully saturated rings. The number of hydrogen-bond acceptors (Lipinski definition) is 4. The second-order valence-electron chi connectivity index (χ2n) is 3.27. The summed E-state index contributed by atoms with van der Waals surface area (Å²) in [5.41, 5.74) is -0.380. The second-order valence-corrected chi connectivity index (χ2v) is 4.02. The zero-order valence-corrected chi connectivity index (χ0v) is 11.0. The number of halogens is 3. The Morgan fingerprint density at radius 2 is 2.33 bits per heavy atom. The molecular formula is C11H9BrF2N2O2. The Balaban J connectivity index is 3.18. The molecule has 0 bridgehead atoms. The molecule has 0 N–H and O–H groups in total. The smallest absolute Gasteiger partial charge is 0.310 e. The first-order valence-corrected chi connectivity index (χ1v) is 5.82.